The third kappa shape index (κ3) is 2.04. The molecule has 0 amide bonds. The molecular weight excluding hydrogens is 222 g/mol. The molecule has 4 heteroatoms. The number of anilines is 1. The van der Waals surface area contributed by atoms with Crippen LogP contribution in [0.4, 0.5) is 5.69 Å². The number of nitrogens with one attached hydrogen (secondary N) is 1. The minimum absolute atomic E-state index is 0.692. The second-order valence-electron chi connectivity index (χ2n) is 3.56. The van der Waals surface area contributed by atoms with Crippen LogP contribution in [-0.2, 0) is 6.42 Å². The Bertz CT molecular complexity index is 491. The van der Waals surface area contributed by atoms with Gasteiger partial charge in [0.2, 0.25) is 0 Å². The van der Waals surface area contributed by atoms with Crippen LogP contribution in [0.3, 0.4) is 0 Å². The van der Waals surface area contributed by atoms with Crippen molar-refractivity contribution in [2.24, 2.45) is 0 Å². The number of aromatic nitrogens is 2. The average Bonchev–Trinajstić information content (AvgIpc) is 2.77. The Morgan fingerprint density at radius 1 is 1.44 bits per heavy atom. The molecule has 0 radical (unpaired) electrons. The number of rotatable bonds is 3. The van der Waals surface area contributed by atoms with E-state index in [0.29, 0.717) is 5.02 Å². The zero-order valence-electron chi connectivity index (χ0n) is 9.37. The maximum atomic E-state index is 6.19. The van der Waals surface area contributed by atoms with Crippen molar-refractivity contribution in [2.75, 3.05) is 12.4 Å². The smallest absolute Gasteiger partial charge is 0.0833 e. The van der Waals surface area contributed by atoms with E-state index in [1.165, 1.54) is 5.56 Å². The lowest BCUT2D eigenvalue weighted by molar-refractivity contribution is 0.880. The fraction of sp³-hybridized carbons (Fsp3) is 0.250. The van der Waals surface area contributed by atoms with Gasteiger partial charge in [-0.05, 0) is 30.2 Å². The predicted molar refractivity (Wildman–Crippen MR) is 67.5 cm³/mol. The first-order valence-corrected chi connectivity index (χ1v) is 5.63. The van der Waals surface area contributed by atoms with Crippen LogP contribution < -0.4 is 5.32 Å². The van der Waals surface area contributed by atoms with E-state index in [4.69, 9.17) is 11.6 Å². The van der Waals surface area contributed by atoms with Crippen molar-refractivity contribution in [3.05, 3.63) is 41.2 Å². The molecule has 2 rings (SSSR count). The molecule has 0 aliphatic carbocycles. The van der Waals surface area contributed by atoms with Gasteiger partial charge in [0.1, 0.15) is 0 Å². The van der Waals surface area contributed by atoms with Gasteiger partial charge >= 0.3 is 0 Å². The quantitative estimate of drug-likeness (QED) is 0.886. The summed E-state index contributed by atoms with van der Waals surface area (Å²) in [6, 6.07) is 5.83. The van der Waals surface area contributed by atoms with E-state index in [1.54, 1.807) is 4.68 Å². The van der Waals surface area contributed by atoms with E-state index in [0.717, 1.165) is 17.8 Å². The lowest BCUT2D eigenvalue weighted by Gasteiger charge is -2.06. The molecule has 0 atom stereocenters. The minimum Gasteiger partial charge on any atom is -0.388 e. The number of hydrogen-bond donors (Lipinski definition) is 1. The molecule has 2 aromatic rings. The first kappa shape index (κ1) is 11.0. The van der Waals surface area contributed by atoms with Gasteiger partial charge in [0.05, 0.1) is 16.9 Å². The van der Waals surface area contributed by atoms with Gasteiger partial charge in [-0.15, -0.1) is 0 Å². The summed E-state index contributed by atoms with van der Waals surface area (Å²) in [5, 5.41) is 8.03. The zero-order chi connectivity index (χ0) is 11.5. The number of hydrogen-bond acceptors (Lipinski definition) is 2. The zero-order valence-corrected chi connectivity index (χ0v) is 10.1. The van der Waals surface area contributed by atoms with Crippen molar-refractivity contribution in [3.63, 3.8) is 0 Å². The monoisotopic (exact) mass is 235 g/mol. The Balaban J connectivity index is 2.40. The number of benzene rings is 1. The molecule has 1 aromatic heterocycles. The fourth-order valence-electron chi connectivity index (χ4n) is 1.52. The Hall–Kier alpha value is -1.48. The Morgan fingerprint density at radius 2 is 2.25 bits per heavy atom. The molecule has 0 bridgehead atoms. The molecule has 0 aliphatic rings. The molecule has 0 fully saturated rings. The molecule has 1 aromatic carbocycles. The van der Waals surface area contributed by atoms with Crippen LogP contribution in [0.2, 0.25) is 5.02 Å². The minimum atomic E-state index is 0.692. The SMILES string of the molecule is CCc1cnn(-c2ccc(NC)cc2Cl)c1. The summed E-state index contributed by atoms with van der Waals surface area (Å²) in [6.45, 7) is 2.10. The topological polar surface area (TPSA) is 29.9 Å². The molecule has 16 heavy (non-hydrogen) atoms. The summed E-state index contributed by atoms with van der Waals surface area (Å²) < 4.78 is 1.81. The highest BCUT2D eigenvalue weighted by Gasteiger charge is 2.05. The Kier molecular flexibility index (Phi) is 3.15. The summed E-state index contributed by atoms with van der Waals surface area (Å²) in [7, 11) is 1.87. The summed E-state index contributed by atoms with van der Waals surface area (Å²) in [4.78, 5) is 0. The maximum Gasteiger partial charge on any atom is 0.0833 e. The molecule has 1 N–H and O–H groups in total. The third-order valence-electron chi connectivity index (χ3n) is 2.53. The van der Waals surface area contributed by atoms with Crippen LogP contribution in [-0.4, -0.2) is 16.8 Å². The van der Waals surface area contributed by atoms with E-state index in [2.05, 4.69) is 17.3 Å². The van der Waals surface area contributed by atoms with Crippen molar-refractivity contribution in [1.29, 1.82) is 0 Å². The van der Waals surface area contributed by atoms with Crippen molar-refractivity contribution in [1.82, 2.24) is 9.78 Å². The molecule has 1 heterocycles. The van der Waals surface area contributed by atoms with Crippen LogP contribution in [0.25, 0.3) is 5.69 Å². The average molecular weight is 236 g/mol. The van der Waals surface area contributed by atoms with E-state index in [1.807, 2.05) is 37.6 Å². The lowest BCUT2D eigenvalue weighted by atomic mass is 10.2. The van der Waals surface area contributed by atoms with E-state index >= 15 is 0 Å². The number of halogens is 1. The molecule has 3 nitrogen and oxygen atoms in total. The summed E-state index contributed by atoms with van der Waals surface area (Å²) in [6.07, 6.45) is 4.84. The normalized spacial score (nSPS) is 10.4. The van der Waals surface area contributed by atoms with Gasteiger partial charge in [0, 0.05) is 18.9 Å². The third-order valence-corrected chi connectivity index (χ3v) is 2.83. The summed E-state index contributed by atoms with van der Waals surface area (Å²) >= 11 is 6.19. The van der Waals surface area contributed by atoms with Crippen LogP contribution in [0.5, 0.6) is 0 Å². The Morgan fingerprint density at radius 3 is 2.81 bits per heavy atom. The standard InChI is InChI=1S/C12H14ClN3/c1-3-9-7-15-16(8-9)12-5-4-10(14-2)6-11(12)13/h4-8,14H,3H2,1-2H3. The van der Waals surface area contributed by atoms with Gasteiger partial charge in [-0.3, -0.25) is 0 Å². The molecule has 0 aliphatic heterocycles. The van der Waals surface area contributed by atoms with Gasteiger partial charge in [-0.2, -0.15) is 5.10 Å². The molecule has 84 valence electrons. The fourth-order valence-corrected chi connectivity index (χ4v) is 1.79. The second-order valence-corrected chi connectivity index (χ2v) is 3.97. The van der Waals surface area contributed by atoms with Crippen molar-refractivity contribution in [3.8, 4) is 5.69 Å². The van der Waals surface area contributed by atoms with Crippen LogP contribution in [0.15, 0.2) is 30.6 Å². The molecule has 0 spiro atoms. The van der Waals surface area contributed by atoms with E-state index < -0.39 is 0 Å². The lowest BCUT2D eigenvalue weighted by Crippen LogP contribution is -1.96. The van der Waals surface area contributed by atoms with Gasteiger partial charge in [0.25, 0.3) is 0 Å². The predicted octanol–water partition coefficient (Wildman–Crippen LogP) is 3.13. The summed E-state index contributed by atoms with van der Waals surface area (Å²) in [5.41, 5.74) is 3.10. The first-order chi connectivity index (χ1) is 7.74. The van der Waals surface area contributed by atoms with Gasteiger partial charge in [-0.1, -0.05) is 18.5 Å². The van der Waals surface area contributed by atoms with Crippen LogP contribution >= 0.6 is 11.6 Å². The van der Waals surface area contributed by atoms with E-state index in [9.17, 15) is 0 Å². The van der Waals surface area contributed by atoms with Gasteiger partial charge in [-0.25, -0.2) is 4.68 Å². The maximum absolute atomic E-state index is 6.19. The molecular formula is C12H14ClN3. The number of nitrogens with zero attached hydrogens (tertiary/aromatic N) is 2. The largest absolute Gasteiger partial charge is 0.388 e. The van der Waals surface area contributed by atoms with Gasteiger partial charge < -0.3 is 5.32 Å². The van der Waals surface area contributed by atoms with Crippen molar-refractivity contribution in [2.45, 2.75) is 13.3 Å². The van der Waals surface area contributed by atoms with Crippen molar-refractivity contribution >= 4 is 17.3 Å². The summed E-state index contributed by atoms with van der Waals surface area (Å²) in [5.74, 6) is 0. The van der Waals surface area contributed by atoms with Crippen molar-refractivity contribution < 1.29 is 0 Å². The highest BCUT2D eigenvalue weighted by molar-refractivity contribution is 6.32. The first-order valence-electron chi connectivity index (χ1n) is 5.26. The Labute approximate surface area is 100 Å². The number of aryl methyl sites for hydroxylation is 1. The second kappa shape index (κ2) is 4.58. The molecule has 0 saturated carbocycles. The molecule has 0 unspecified atom stereocenters. The highest BCUT2D eigenvalue weighted by Crippen LogP contribution is 2.23. The van der Waals surface area contributed by atoms with E-state index in [-0.39, 0.29) is 0 Å². The highest BCUT2D eigenvalue weighted by atomic mass is 35.5. The van der Waals surface area contributed by atoms with Crippen LogP contribution in [0, 0.1) is 0 Å². The van der Waals surface area contributed by atoms with Gasteiger partial charge in [0.15, 0.2) is 0 Å². The van der Waals surface area contributed by atoms with Crippen LogP contribution in [0.1, 0.15) is 12.5 Å². The molecule has 0 saturated heterocycles.